The second kappa shape index (κ2) is 5.32. The summed E-state index contributed by atoms with van der Waals surface area (Å²) in [7, 11) is 0. The van der Waals surface area contributed by atoms with E-state index in [9.17, 15) is 4.39 Å². The molecule has 0 atom stereocenters. The Bertz CT molecular complexity index is 538. The lowest BCUT2D eigenvalue weighted by atomic mass is 10.1. The molecule has 0 bridgehead atoms. The molecule has 1 aromatic carbocycles. The highest BCUT2D eigenvalue weighted by molar-refractivity contribution is 5.54. The molecule has 2 heterocycles. The number of nitrogens with one attached hydrogen (secondary N) is 1. The van der Waals surface area contributed by atoms with Crippen LogP contribution >= 0.6 is 0 Å². The van der Waals surface area contributed by atoms with Crippen LogP contribution in [0.3, 0.4) is 0 Å². The van der Waals surface area contributed by atoms with Gasteiger partial charge in [0.2, 0.25) is 0 Å². The topological polar surface area (TPSA) is 47.0 Å². The first-order valence-corrected chi connectivity index (χ1v) is 6.23. The van der Waals surface area contributed by atoms with E-state index in [4.69, 9.17) is 4.74 Å². The van der Waals surface area contributed by atoms with Crippen LogP contribution < -0.4 is 10.1 Å². The molecule has 1 N–H and O–H groups in total. The lowest BCUT2D eigenvalue weighted by Crippen LogP contribution is -2.45. The van der Waals surface area contributed by atoms with Crippen LogP contribution in [0.15, 0.2) is 36.7 Å². The van der Waals surface area contributed by atoms with Crippen molar-refractivity contribution >= 4 is 0 Å². The number of rotatable bonds is 4. The van der Waals surface area contributed by atoms with Gasteiger partial charge in [-0.25, -0.2) is 14.4 Å². The van der Waals surface area contributed by atoms with Crippen molar-refractivity contribution in [1.82, 2.24) is 15.3 Å². The SMILES string of the molecule is Fc1ccc(-c2ncc(OCC3CNC3)cn2)cc1. The van der Waals surface area contributed by atoms with Crippen LogP contribution in [0.4, 0.5) is 4.39 Å². The van der Waals surface area contributed by atoms with E-state index in [1.165, 1.54) is 12.1 Å². The van der Waals surface area contributed by atoms with Gasteiger partial charge < -0.3 is 10.1 Å². The third kappa shape index (κ3) is 2.88. The lowest BCUT2D eigenvalue weighted by molar-refractivity contribution is 0.198. The number of ether oxygens (including phenoxy) is 1. The zero-order valence-corrected chi connectivity index (χ0v) is 10.3. The molecule has 1 fully saturated rings. The van der Waals surface area contributed by atoms with Crippen LogP contribution in [0, 0.1) is 11.7 Å². The maximum atomic E-state index is 12.8. The second-order valence-corrected chi connectivity index (χ2v) is 4.58. The van der Waals surface area contributed by atoms with Crippen molar-refractivity contribution in [3.05, 3.63) is 42.5 Å². The van der Waals surface area contributed by atoms with Crippen molar-refractivity contribution in [3.63, 3.8) is 0 Å². The molecule has 0 amide bonds. The molecule has 5 heteroatoms. The van der Waals surface area contributed by atoms with Gasteiger partial charge in [0.25, 0.3) is 0 Å². The Morgan fingerprint density at radius 1 is 1.16 bits per heavy atom. The van der Waals surface area contributed by atoms with Gasteiger partial charge in [-0.2, -0.15) is 0 Å². The maximum Gasteiger partial charge on any atom is 0.159 e. The molecule has 0 radical (unpaired) electrons. The molecule has 19 heavy (non-hydrogen) atoms. The first-order valence-electron chi connectivity index (χ1n) is 6.23. The van der Waals surface area contributed by atoms with Crippen LogP contribution in [-0.4, -0.2) is 29.7 Å². The van der Waals surface area contributed by atoms with Gasteiger partial charge in [-0.05, 0) is 24.3 Å². The summed E-state index contributed by atoms with van der Waals surface area (Å²) in [6.45, 7) is 2.70. The summed E-state index contributed by atoms with van der Waals surface area (Å²) in [6.07, 6.45) is 3.30. The van der Waals surface area contributed by atoms with Gasteiger partial charge in [-0.1, -0.05) is 0 Å². The van der Waals surface area contributed by atoms with Gasteiger partial charge in [0.1, 0.15) is 5.82 Å². The number of aromatic nitrogens is 2. The van der Waals surface area contributed by atoms with Crippen LogP contribution in [-0.2, 0) is 0 Å². The molecule has 1 saturated heterocycles. The summed E-state index contributed by atoms with van der Waals surface area (Å²) in [5, 5.41) is 3.19. The fourth-order valence-corrected chi connectivity index (χ4v) is 1.82. The molecule has 0 saturated carbocycles. The normalized spacial score (nSPS) is 15.0. The number of hydrogen-bond acceptors (Lipinski definition) is 4. The van der Waals surface area contributed by atoms with E-state index >= 15 is 0 Å². The van der Waals surface area contributed by atoms with Crippen LogP contribution in [0.2, 0.25) is 0 Å². The van der Waals surface area contributed by atoms with Gasteiger partial charge in [-0.3, -0.25) is 0 Å². The summed E-state index contributed by atoms with van der Waals surface area (Å²) in [5.41, 5.74) is 0.788. The molecule has 3 rings (SSSR count). The molecule has 0 unspecified atom stereocenters. The van der Waals surface area contributed by atoms with Crippen molar-refractivity contribution in [2.45, 2.75) is 0 Å². The molecule has 0 aliphatic carbocycles. The highest BCUT2D eigenvalue weighted by atomic mass is 19.1. The quantitative estimate of drug-likeness (QED) is 0.910. The minimum absolute atomic E-state index is 0.266. The average Bonchev–Trinajstić information content (AvgIpc) is 2.39. The number of nitrogens with zero attached hydrogens (tertiary/aromatic N) is 2. The third-order valence-corrected chi connectivity index (χ3v) is 3.08. The minimum atomic E-state index is -0.266. The predicted octanol–water partition coefficient (Wildman–Crippen LogP) is 1.88. The van der Waals surface area contributed by atoms with E-state index in [-0.39, 0.29) is 5.82 Å². The number of benzene rings is 1. The summed E-state index contributed by atoms with van der Waals surface area (Å²) in [4.78, 5) is 8.45. The molecule has 1 aliphatic heterocycles. The van der Waals surface area contributed by atoms with E-state index in [2.05, 4.69) is 15.3 Å². The Labute approximate surface area is 110 Å². The molecule has 98 valence electrons. The lowest BCUT2D eigenvalue weighted by Gasteiger charge is -2.26. The van der Waals surface area contributed by atoms with Crippen molar-refractivity contribution in [2.75, 3.05) is 19.7 Å². The van der Waals surface area contributed by atoms with Crippen LogP contribution in [0.1, 0.15) is 0 Å². The smallest absolute Gasteiger partial charge is 0.159 e. The first-order chi connectivity index (χ1) is 9.31. The molecule has 1 aromatic heterocycles. The Morgan fingerprint density at radius 2 is 1.84 bits per heavy atom. The molecule has 4 nitrogen and oxygen atoms in total. The third-order valence-electron chi connectivity index (χ3n) is 3.08. The number of hydrogen-bond donors (Lipinski definition) is 1. The molecular weight excluding hydrogens is 245 g/mol. The summed E-state index contributed by atoms with van der Waals surface area (Å²) in [5.74, 6) is 1.55. The van der Waals surface area contributed by atoms with Crippen LogP contribution in [0.25, 0.3) is 11.4 Å². The summed E-state index contributed by atoms with van der Waals surface area (Å²) >= 11 is 0. The fourth-order valence-electron chi connectivity index (χ4n) is 1.82. The van der Waals surface area contributed by atoms with E-state index in [1.54, 1.807) is 24.5 Å². The Kier molecular flexibility index (Phi) is 3.37. The zero-order valence-electron chi connectivity index (χ0n) is 10.3. The predicted molar refractivity (Wildman–Crippen MR) is 69.3 cm³/mol. The Hall–Kier alpha value is -2.01. The zero-order chi connectivity index (χ0) is 13.1. The van der Waals surface area contributed by atoms with Gasteiger partial charge in [0.05, 0.1) is 19.0 Å². The van der Waals surface area contributed by atoms with Crippen molar-refractivity contribution in [2.24, 2.45) is 5.92 Å². The average molecular weight is 259 g/mol. The van der Waals surface area contributed by atoms with E-state index in [0.717, 1.165) is 18.7 Å². The largest absolute Gasteiger partial charge is 0.490 e. The minimum Gasteiger partial charge on any atom is -0.490 e. The van der Waals surface area contributed by atoms with E-state index in [0.29, 0.717) is 24.1 Å². The van der Waals surface area contributed by atoms with Crippen LogP contribution in [0.5, 0.6) is 5.75 Å². The van der Waals surface area contributed by atoms with Crippen molar-refractivity contribution in [1.29, 1.82) is 0 Å². The van der Waals surface area contributed by atoms with Crippen molar-refractivity contribution < 1.29 is 9.13 Å². The summed E-state index contributed by atoms with van der Waals surface area (Å²) in [6, 6.07) is 6.11. The second-order valence-electron chi connectivity index (χ2n) is 4.58. The highest BCUT2D eigenvalue weighted by Gasteiger charge is 2.17. The van der Waals surface area contributed by atoms with Gasteiger partial charge >= 0.3 is 0 Å². The van der Waals surface area contributed by atoms with Gasteiger partial charge in [0.15, 0.2) is 11.6 Å². The molecule has 2 aromatic rings. The number of halogens is 1. The Morgan fingerprint density at radius 3 is 2.42 bits per heavy atom. The Balaban J connectivity index is 1.65. The van der Waals surface area contributed by atoms with E-state index < -0.39 is 0 Å². The maximum absolute atomic E-state index is 12.8. The van der Waals surface area contributed by atoms with E-state index in [1.807, 2.05) is 0 Å². The van der Waals surface area contributed by atoms with Gasteiger partial charge in [0, 0.05) is 24.6 Å². The van der Waals surface area contributed by atoms with Gasteiger partial charge in [-0.15, -0.1) is 0 Å². The van der Waals surface area contributed by atoms with Crippen molar-refractivity contribution in [3.8, 4) is 17.1 Å². The highest BCUT2D eigenvalue weighted by Crippen LogP contribution is 2.17. The summed E-state index contributed by atoms with van der Waals surface area (Å²) < 4.78 is 18.4. The standard InChI is InChI=1S/C14H14FN3O/c15-12-3-1-11(2-4-12)14-17-7-13(8-18-14)19-9-10-5-16-6-10/h1-4,7-8,10,16H,5-6,9H2. The first kappa shape index (κ1) is 12.0. The molecular formula is C14H14FN3O. The monoisotopic (exact) mass is 259 g/mol. The fraction of sp³-hybridized carbons (Fsp3) is 0.286. The molecule has 1 aliphatic rings. The molecule has 0 spiro atoms.